The van der Waals surface area contributed by atoms with Crippen LogP contribution in [0.4, 0.5) is 0 Å². The lowest BCUT2D eigenvalue weighted by atomic mass is 9.64. The van der Waals surface area contributed by atoms with E-state index in [-0.39, 0.29) is 12.1 Å². The van der Waals surface area contributed by atoms with Gasteiger partial charge in [0.25, 0.3) is 0 Å². The second kappa shape index (κ2) is 10.9. The van der Waals surface area contributed by atoms with E-state index in [9.17, 15) is 9.59 Å². The molecule has 4 nitrogen and oxygen atoms in total. The van der Waals surface area contributed by atoms with Gasteiger partial charge in [-0.2, -0.15) is 0 Å². The Bertz CT molecular complexity index is 475. The van der Waals surface area contributed by atoms with Crippen LogP contribution in [0.2, 0.25) is 0 Å². The second-order valence-electron chi connectivity index (χ2n) is 9.01. The van der Waals surface area contributed by atoms with Crippen molar-refractivity contribution in [2.75, 3.05) is 0 Å². The Morgan fingerprint density at radius 1 is 0.630 bits per heavy atom. The fraction of sp³-hybridized carbons (Fsp3) is 0.913. The van der Waals surface area contributed by atoms with Gasteiger partial charge in [0.2, 0.25) is 12.2 Å². The van der Waals surface area contributed by atoms with E-state index in [0.717, 1.165) is 37.5 Å². The zero-order valence-electron chi connectivity index (χ0n) is 17.7. The van der Waals surface area contributed by atoms with Crippen LogP contribution >= 0.6 is 0 Å². The lowest BCUT2D eigenvalue weighted by Crippen LogP contribution is -2.39. The van der Waals surface area contributed by atoms with Crippen LogP contribution in [0.1, 0.15) is 85.5 Å². The van der Waals surface area contributed by atoms with Crippen LogP contribution < -0.4 is 0 Å². The first-order valence-electron chi connectivity index (χ1n) is 11.2. The summed E-state index contributed by atoms with van der Waals surface area (Å²) in [6, 6.07) is 0.358. The fourth-order valence-electron chi connectivity index (χ4n) is 6.26. The molecule has 2 fully saturated rings. The van der Waals surface area contributed by atoms with Crippen molar-refractivity contribution in [2.24, 2.45) is 45.5 Å². The Labute approximate surface area is 165 Å². The molecule has 152 valence electrons. The monoisotopic (exact) mass is 374 g/mol. The maximum absolute atomic E-state index is 10.9. The zero-order chi connectivity index (χ0) is 19.8. The van der Waals surface area contributed by atoms with E-state index < -0.39 is 0 Å². The Balaban J connectivity index is 2.07. The predicted octanol–water partition coefficient (Wildman–Crippen LogP) is 5.71. The molecule has 27 heavy (non-hydrogen) atoms. The summed E-state index contributed by atoms with van der Waals surface area (Å²) < 4.78 is 0. The van der Waals surface area contributed by atoms with E-state index in [1.54, 1.807) is 0 Å². The topological polar surface area (TPSA) is 58.9 Å². The SMILES string of the molecule is CCC1CC(CC2CC(CC)C(N=C=O)C(CC)C2)CC(CC)C1N=C=O. The Morgan fingerprint density at radius 3 is 1.15 bits per heavy atom. The minimum absolute atomic E-state index is 0.179. The molecule has 2 saturated carbocycles. The highest BCUT2D eigenvalue weighted by Gasteiger charge is 2.40. The molecule has 0 heterocycles. The van der Waals surface area contributed by atoms with Gasteiger partial charge in [-0.3, -0.25) is 0 Å². The van der Waals surface area contributed by atoms with E-state index in [1.807, 2.05) is 12.2 Å². The molecule has 0 bridgehead atoms. The van der Waals surface area contributed by atoms with E-state index in [4.69, 9.17) is 0 Å². The minimum atomic E-state index is 0.179. The summed E-state index contributed by atoms with van der Waals surface area (Å²) in [4.78, 5) is 30.2. The van der Waals surface area contributed by atoms with Crippen LogP contribution in [0.5, 0.6) is 0 Å². The maximum Gasteiger partial charge on any atom is 0.235 e. The molecule has 4 heteroatoms. The molecule has 2 rings (SSSR count). The normalized spacial score (nSPS) is 39.3. The van der Waals surface area contributed by atoms with E-state index >= 15 is 0 Å². The summed E-state index contributed by atoms with van der Waals surface area (Å²) >= 11 is 0. The molecule has 0 saturated heterocycles. The summed E-state index contributed by atoms with van der Waals surface area (Å²) in [5.74, 6) is 3.57. The van der Waals surface area contributed by atoms with Gasteiger partial charge in [-0.25, -0.2) is 19.6 Å². The van der Waals surface area contributed by atoms with Crippen LogP contribution in [-0.4, -0.2) is 24.2 Å². The van der Waals surface area contributed by atoms with Crippen molar-refractivity contribution in [3.63, 3.8) is 0 Å². The highest BCUT2D eigenvalue weighted by Crippen LogP contribution is 2.46. The van der Waals surface area contributed by atoms with Gasteiger partial charge in [-0.15, -0.1) is 0 Å². The van der Waals surface area contributed by atoms with Crippen molar-refractivity contribution >= 4 is 12.2 Å². The molecule has 0 amide bonds. The van der Waals surface area contributed by atoms with Crippen molar-refractivity contribution in [3.8, 4) is 0 Å². The first kappa shape index (κ1) is 22.1. The molecule has 4 unspecified atom stereocenters. The van der Waals surface area contributed by atoms with E-state index in [1.165, 1.54) is 32.1 Å². The lowest BCUT2D eigenvalue weighted by molar-refractivity contribution is 0.0951. The summed E-state index contributed by atoms with van der Waals surface area (Å²) in [5.41, 5.74) is 0. The summed E-state index contributed by atoms with van der Waals surface area (Å²) in [6.07, 6.45) is 14.1. The van der Waals surface area contributed by atoms with Crippen LogP contribution in [0.15, 0.2) is 9.98 Å². The van der Waals surface area contributed by atoms with Crippen molar-refractivity contribution in [1.29, 1.82) is 0 Å². The van der Waals surface area contributed by atoms with Gasteiger partial charge >= 0.3 is 0 Å². The quantitative estimate of drug-likeness (QED) is 0.403. The van der Waals surface area contributed by atoms with Crippen LogP contribution in [0, 0.1) is 35.5 Å². The molecule has 0 aliphatic heterocycles. The third kappa shape index (κ3) is 5.39. The number of hydrogen-bond donors (Lipinski definition) is 0. The van der Waals surface area contributed by atoms with Gasteiger partial charge in [0.15, 0.2) is 0 Å². The third-order valence-electron chi connectivity index (χ3n) is 7.64. The predicted molar refractivity (Wildman–Crippen MR) is 109 cm³/mol. The highest BCUT2D eigenvalue weighted by atomic mass is 16.1. The number of aliphatic imine (C=N–C) groups is 2. The van der Waals surface area contributed by atoms with Crippen molar-refractivity contribution in [1.82, 2.24) is 0 Å². The molecular formula is C23H38N2O2. The Kier molecular flexibility index (Phi) is 8.93. The summed E-state index contributed by atoms with van der Waals surface area (Å²) in [7, 11) is 0. The minimum Gasteiger partial charge on any atom is -0.211 e. The summed E-state index contributed by atoms with van der Waals surface area (Å²) in [6.45, 7) is 8.93. The number of rotatable bonds is 8. The Morgan fingerprint density at radius 2 is 0.926 bits per heavy atom. The average molecular weight is 375 g/mol. The molecule has 0 spiro atoms. The average Bonchev–Trinajstić information content (AvgIpc) is 2.69. The first-order valence-corrected chi connectivity index (χ1v) is 11.2. The van der Waals surface area contributed by atoms with Crippen LogP contribution in [-0.2, 0) is 9.59 Å². The first-order chi connectivity index (χ1) is 13.1. The van der Waals surface area contributed by atoms with Gasteiger partial charge in [0, 0.05) is 0 Å². The standard InChI is InChI=1S/C23H38N2O2/c1-5-18-10-16(11-19(6-2)22(18)24-14-26)9-17-12-20(7-3)23(25-15-27)21(8-4)13-17/h16-23H,5-13H2,1-4H3. The number of hydrogen-bond acceptors (Lipinski definition) is 4. The lowest BCUT2D eigenvalue weighted by Gasteiger charge is -2.43. The molecule has 2 aliphatic rings. The van der Waals surface area contributed by atoms with Crippen molar-refractivity contribution < 1.29 is 9.59 Å². The smallest absolute Gasteiger partial charge is 0.211 e. The van der Waals surface area contributed by atoms with Crippen molar-refractivity contribution in [2.45, 2.75) is 97.6 Å². The van der Waals surface area contributed by atoms with Crippen LogP contribution in [0.25, 0.3) is 0 Å². The zero-order valence-corrected chi connectivity index (χ0v) is 17.7. The molecule has 0 aromatic heterocycles. The largest absolute Gasteiger partial charge is 0.235 e. The van der Waals surface area contributed by atoms with Gasteiger partial charge in [-0.05, 0) is 67.6 Å². The van der Waals surface area contributed by atoms with Crippen molar-refractivity contribution in [3.05, 3.63) is 0 Å². The van der Waals surface area contributed by atoms with Crippen LogP contribution in [0.3, 0.4) is 0 Å². The molecular weight excluding hydrogens is 336 g/mol. The number of nitrogens with zero attached hydrogens (tertiary/aromatic N) is 2. The van der Waals surface area contributed by atoms with Gasteiger partial charge in [0.1, 0.15) is 0 Å². The van der Waals surface area contributed by atoms with E-state index in [2.05, 4.69) is 37.7 Å². The fourth-order valence-corrected chi connectivity index (χ4v) is 6.26. The molecule has 0 aromatic carbocycles. The third-order valence-corrected chi connectivity index (χ3v) is 7.64. The Hall–Kier alpha value is -1.24. The molecule has 2 aliphatic carbocycles. The highest BCUT2D eigenvalue weighted by molar-refractivity contribution is 5.34. The number of isocyanates is 2. The van der Waals surface area contributed by atoms with Gasteiger partial charge in [-0.1, -0.05) is 53.4 Å². The second-order valence-corrected chi connectivity index (χ2v) is 9.01. The number of carbonyl (C=O) groups excluding carboxylic acids is 2. The summed E-state index contributed by atoms with van der Waals surface area (Å²) in [5, 5.41) is 0. The van der Waals surface area contributed by atoms with E-state index in [0.29, 0.717) is 23.7 Å². The molecule has 4 atom stereocenters. The molecule has 0 radical (unpaired) electrons. The molecule has 0 N–H and O–H groups in total. The maximum atomic E-state index is 10.9. The van der Waals surface area contributed by atoms with Gasteiger partial charge < -0.3 is 0 Å². The molecule has 0 aromatic rings. The van der Waals surface area contributed by atoms with Gasteiger partial charge in [0.05, 0.1) is 12.1 Å².